The lowest BCUT2D eigenvalue weighted by molar-refractivity contribution is -0.120. The second kappa shape index (κ2) is 9.67. The molecule has 0 saturated carbocycles. The Morgan fingerprint density at radius 1 is 1.06 bits per heavy atom. The summed E-state index contributed by atoms with van der Waals surface area (Å²) in [5.41, 5.74) is 3.53. The molecule has 0 bridgehead atoms. The normalized spacial score (nSPS) is 15.4. The fourth-order valence-corrected chi connectivity index (χ4v) is 5.95. The molecule has 1 aliphatic carbocycles. The van der Waals surface area contributed by atoms with Crippen molar-refractivity contribution < 1.29 is 17.9 Å². The molecule has 172 valence electrons. The van der Waals surface area contributed by atoms with Crippen molar-refractivity contribution in [2.24, 2.45) is 0 Å². The van der Waals surface area contributed by atoms with E-state index in [9.17, 15) is 13.2 Å². The van der Waals surface area contributed by atoms with Crippen LogP contribution in [-0.4, -0.2) is 28.0 Å². The van der Waals surface area contributed by atoms with Gasteiger partial charge < -0.3 is 10.1 Å². The fraction of sp³-hybridized carbons (Fsp3) is 0.269. The Hall–Kier alpha value is -3.32. The fourth-order valence-electron chi connectivity index (χ4n) is 4.29. The van der Waals surface area contributed by atoms with Gasteiger partial charge in [0.15, 0.2) is 0 Å². The van der Waals surface area contributed by atoms with Crippen LogP contribution in [0.25, 0.3) is 0 Å². The molecule has 0 heterocycles. The maximum atomic E-state index is 13.8. The van der Waals surface area contributed by atoms with Crippen LogP contribution in [0.15, 0.2) is 77.7 Å². The zero-order chi connectivity index (χ0) is 23.4. The minimum atomic E-state index is -4.07. The monoisotopic (exact) mass is 464 g/mol. The van der Waals surface area contributed by atoms with Gasteiger partial charge in [0.2, 0.25) is 5.91 Å². The van der Waals surface area contributed by atoms with Crippen molar-refractivity contribution in [3.8, 4) is 5.75 Å². The Morgan fingerprint density at radius 3 is 2.55 bits per heavy atom. The molecular weight excluding hydrogens is 436 g/mol. The third-order valence-corrected chi connectivity index (χ3v) is 7.72. The SMILES string of the molecule is COc1ccc(C)cc1S(=O)(=O)N(CC(=O)NC1CCCc2ccccc21)c1ccccc1. The van der Waals surface area contributed by atoms with Crippen molar-refractivity contribution in [1.29, 1.82) is 0 Å². The largest absolute Gasteiger partial charge is 0.495 e. The van der Waals surface area contributed by atoms with Crippen molar-refractivity contribution in [2.75, 3.05) is 18.0 Å². The highest BCUT2D eigenvalue weighted by Gasteiger charge is 2.31. The number of nitrogens with one attached hydrogen (secondary N) is 1. The molecule has 6 nitrogen and oxygen atoms in total. The molecule has 1 aliphatic rings. The summed E-state index contributed by atoms with van der Waals surface area (Å²) < 4.78 is 34.0. The number of hydrogen-bond acceptors (Lipinski definition) is 4. The van der Waals surface area contributed by atoms with Crippen molar-refractivity contribution in [3.05, 3.63) is 89.5 Å². The zero-order valence-corrected chi connectivity index (χ0v) is 19.6. The molecule has 33 heavy (non-hydrogen) atoms. The van der Waals surface area contributed by atoms with Crippen molar-refractivity contribution in [3.63, 3.8) is 0 Å². The molecule has 1 amide bonds. The van der Waals surface area contributed by atoms with E-state index >= 15 is 0 Å². The number of benzene rings is 3. The number of carbonyl (C=O) groups excluding carboxylic acids is 1. The highest BCUT2D eigenvalue weighted by atomic mass is 32.2. The molecule has 7 heteroatoms. The van der Waals surface area contributed by atoms with Crippen LogP contribution in [0.5, 0.6) is 5.75 Å². The Labute approximate surface area is 195 Å². The van der Waals surface area contributed by atoms with Crippen LogP contribution in [0.4, 0.5) is 5.69 Å². The molecule has 0 fully saturated rings. The number of sulfonamides is 1. The number of carbonyl (C=O) groups is 1. The Morgan fingerprint density at radius 2 is 1.79 bits per heavy atom. The van der Waals surface area contributed by atoms with Crippen LogP contribution < -0.4 is 14.4 Å². The maximum Gasteiger partial charge on any atom is 0.268 e. The summed E-state index contributed by atoms with van der Waals surface area (Å²) in [6, 6.07) is 21.6. The van der Waals surface area contributed by atoms with E-state index in [-0.39, 0.29) is 29.1 Å². The number of ether oxygens (including phenoxy) is 1. The van der Waals surface area contributed by atoms with Crippen molar-refractivity contribution >= 4 is 21.6 Å². The quantitative estimate of drug-likeness (QED) is 0.563. The summed E-state index contributed by atoms with van der Waals surface area (Å²) >= 11 is 0. The minimum Gasteiger partial charge on any atom is -0.495 e. The van der Waals surface area contributed by atoms with E-state index in [1.807, 2.05) is 25.1 Å². The smallest absolute Gasteiger partial charge is 0.268 e. The average molecular weight is 465 g/mol. The predicted octanol–water partition coefficient (Wildman–Crippen LogP) is 4.39. The number of amides is 1. The molecule has 0 saturated heterocycles. The molecule has 1 atom stereocenters. The lowest BCUT2D eigenvalue weighted by atomic mass is 9.88. The van der Waals surface area contributed by atoms with Gasteiger partial charge >= 0.3 is 0 Å². The Bertz CT molecular complexity index is 1240. The number of anilines is 1. The predicted molar refractivity (Wildman–Crippen MR) is 129 cm³/mol. The standard InChI is InChI=1S/C26H28N2O4S/c1-19-15-16-24(32-2)25(17-19)33(30,31)28(21-11-4-3-5-12-21)18-26(29)27-23-14-8-10-20-9-6-7-13-22(20)23/h3-7,9,11-13,15-17,23H,8,10,14,18H2,1-2H3,(H,27,29). The second-order valence-electron chi connectivity index (χ2n) is 8.21. The van der Waals surface area contributed by atoms with Crippen molar-refractivity contribution in [1.82, 2.24) is 5.32 Å². The number of nitrogens with zero attached hydrogens (tertiary/aromatic N) is 1. The van der Waals surface area contributed by atoms with Crippen molar-refractivity contribution in [2.45, 2.75) is 37.1 Å². The second-order valence-corrected chi connectivity index (χ2v) is 10.0. The Balaban J connectivity index is 1.66. The van der Waals surface area contributed by atoms with Gasteiger partial charge in [-0.25, -0.2) is 8.42 Å². The van der Waals surface area contributed by atoms with E-state index < -0.39 is 10.0 Å². The van der Waals surface area contributed by atoms with E-state index in [4.69, 9.17) is 4.74 Å². The molecule has 0 spiro atoms. The molecule has 1 unspecified atom stereocenters. The maximum absolute atomic E-state index is 13.8. The highest BCUT2D eigenvalue weighted by molar-refractivity contribution is 7.93. The lowest BCUT2D eigenvalue weighted by Crippen LogP contribution is -2.42. The van der Waals surface area contributed by atoms with Crippen LogP contribution in [0.3, 0.4) is 0 Å². The molecular formula is C26H28N2O4S. The van der Waals surface area contributed by atoms with E-state index in [0.717, 1.165) is 34.7 Å². The van der Waals surface area contributed by atoms with Gasteiger partial charge in [0.25, 0.3) is 10.0 Å². The van der Waals surface area contributed by atoms with Gasteiger partial charge in [-0.05, 0) is 67.1 Å². The van der Waals surface area contributed by atoms with Gasteiger partial charge in [-0.1, -0.05) is 48.5 Å². The Kier molecular flexibility index (Phi) is 6.70. The number of aryl methyl sites for hydroxylation is 2. The first-order valence-corrected chi connectivity index (χ1v) is 12.4. The van der Waals surface area contributed by atoms with Crippen LogP contribution in [0.1, 0.15) is 35.6 Å². The molecule has 4 rings (SSSR count). The topological polar surface area (TPSA) is 75.7 Å². The first kappa shape index (κ1) is 22.9. The van der Waals surface area contributed by atoms with Crippen LogP contribution in [-0.2, 0) is 21.2 Å². The van der Waals surface area contributed by atoms with Gasteiger partial charge in [-0.2, -0.15) is 0 Å². The van der Waals surface area contributed by atoms with E-state index in [2.05, 4.69) is 11.4 Å². The molecule has 0 radical (unpaired) electrons. The van der Waals surface area contributed by atoms with Crippen LogP contribution in [0, 0.1) is 6.92 Å². The number of methoxy groups -OCH3 is 1. The molecule has 0 aliphatic heterocycles. The van der Waals surface area contributed by atoms with Crippen LogP contribution in [0.2, 0.25) is 0 Å². The summed E-state index contributed by atoms with van der Waals surface area (Å²) in [5, 5.41) is 3.06. The van der Waals surface area contributed by atoms with Crippen LogP contribution >= 0.6 is 0 Å². The zero-order valence-electron chi connectivity index (χ0n) is 18.8. The summed E-state index contributed by atoms with van der Waals surface area (Å²) in [6.07, 6.45) is 2.79. The summed E-state index contributed by atoms with van der Waals surface area (Å²) in [7, 11) is -2.63. The number of fused-ring (bicyclic) bond motifs is 1. The summed E-state index contributed by atoms with van der Waals surface area (Å²) in [5.74, 6) is -0.112. The van der Waals surface area contributed by atoms with Gasteiger partial charge in [-0.15, -0.1) is 0 Å². The summed E-state index contributed by atoms with van der Waals surface area (Å²) in [4.78, 5) is 13.2. The molecule has 3 aromatic carbocycles. The summed E-state index contributed by atoms with van der Waals surface area (Å²) in [6.45, 7) is 1.49. The van der Waals surface area contributed by atoms with E-state index in [1.54, 1.807) is 48.5 Å². The average Bonchev–Trinajstić information content (AvgIpc) is 2.83. The highest BCUT2D eigenvalue weighted by Crippen LogP contribution is 2.32. The molecule has 3 aromatic rings. The molecule has 0 aromatic heterocycles. The van der Waals surface area contributed by atoms with E-state index in [0.29, 0.717) is 5.69 Å². The van der Waals surface area contributed by atoms with E-state index in [1.165, 1.54) is 12.7 Å². The van der Waals surface area contributed by atoms with Gasteiger partial charge in [0.05, 0.1) is 18.8 Å². The number of para-hydroxylation sites is 1. The van der Waals surface area contributed by atoms with Gasteiger partial charge in [-0.3, -0.25) is 9.10 Å². The van der Waals surface area contributed by atoms with Gasteiger partial charge in [0.1, 0.15) is 17.2 Å². The minimum absolute atomic E-state index is 0.0321. The number of rotatable bonds is 7. The third-order valence-electron chi connectivity index (χ3n) is 5.92. The van der Waals surface area contributed by atoms with Gasteiger partial charge in [0, 0.05) is 0 Å². The first-order valence-electron chi connectivity index (χ1n) is 11.0. The third kappa shape index (κ3) is 4.88. The molecule has 1 N–H and O–H groups in total. The lowest BCUT2D eigenvalue weighted by Gasteiger charge is -2.29. The first-order chi connectivity index (χ1) is 15.9. The number of hydrogen-bond donors (Lipinski definition) is 1.